The molecule has 2 aromatic rings. The Morgan fingerprint density at radius 2 is 1.70 bits per heavy atom. The van der Waals surface area contributed by atoms with Crippen LogP contribution < -0.4 is 4.74 Å². The van der Waals surface area contributed by atoms with Crippen molar-refractivity contribution in [2.24, 2.45) is 11.8 Å². The summed E-state index contributed by atoms with van der Waals surface area (Å²) in [6.45, 7) is 9.69. The van der Waals surface area contributed by atoms with Crippen LogP contribution in [0.1, 0.15) is 69.1 Å². The van der Waals surface area contributed by atoms with Crippen molar-refractivity contribution < 1.29 is 9.47 Å². The lowest BCUT2D eigenvalue weighted by Gasteiger charge is -2.39. The maximum Gasteiger partial charge on any atom is 0.119 e. The lowest BCUT2D eigenvalue weighted by Crippen LogP contribution is -2.31. The first-order valence-corrected chi connectivity index (χ1v) is 13.3. The largest absolute Gasteiger partial charge is 0.494 e. The molecule has 0 amide bonds. The van der Waals surface area contributed by atoms with Crippen LogP contribution in [0, 0.1) is 11.8 Å². The second kappa shape index (κ2) is 11.9. The molecule has 2 aromatic carbocycles. The first-order valence-electron chi connectivity index (χ1n) is 12.5. The zero-order valence-corrected chi connectivity index (χ0v) is 21.5. The predicted octanol–water partition coefficient (Wildman–Crippen LogP) is 7.77. The van der Waals surface area contributed by atoms with Gasteiger partial charge >= 0.3 is 0 Å². The molecule has 0 N–H and O–H groups in total. The van der Waals surface area contributed by atoms with E-state index in [9.17, 15) is 0 Å². The number of likely N-dealkylation sites (tertiary alicyclic amines) is 1. The summed E-state index contributed by atoms with van der Waals surface area (Å²) in [4.78, 5) is 2.56. The fraction of sp³-hybridized carbons (Fsp3) is 0.571. The molecule has 0 saturated carbocycles. The van der Waals surface area contributed by atoms with Crippen LogP contribution in [0.15, 0.2) is 42.5 Å². The van der Waals surface area contributed by atoms with Gasteiger partial charge in [0.2, 0.25) is 0 Å². The maximum atomic E-state index is 6.46. The summed E-state index contributed by atoms with van der Waals surface area (Å²) in [5.41, 5.74) is 2.45. The smallest absolute Gasteiger partial charge is 0.119 e. The number of piperidine rings is 1. The summed E-state index contributed by atoms with van der Waals surface area (Å²) in [5, 5.41) is 1.22. The van der Waals surface area contributed by atoms with Crippen LogP contribution in [0.5, 0.6) is 5.75 Å². The van der Waals surface area contributed by atoms with Gasteiger partial charge in [-0.1, -0.05) is 61.7 Å². The van der Waals surface area contributed by atoms with E-state index in [4.69, 9.17) is 32.7 Å². The Morgan fingerprint density at radius 3 is 2.39 bits per heavy atom. The van der Waals surface area contributed by atoms with Crippen molar-refractivity contribution in [3.8, 4) is 5.75 Å². The number of halogens is 2. The lowest BCUT2D eigenvalue weighted by molar-refractivity contribution is -0.0552. The molecular formula is C28H37Cl2NO2. The van der Waals surface area contributed by atoms with Gasteiger partial charge in [0.1, 0.15) is 5.75 Å². The summed E-state index contributed by atoms with van der Waals surface area (Å²) in [7, 11) is 0. The summed E-state index contributed by atoms with van der Waals surface area (Å²) < 4.78 is 12.5. The van der Waals surface area contributed by atoms with Crippen molar-refractivity contribution in [2.75, 3.05) is 32.8 Å². The second-order valence-corrected chi connectivity index (χ2v) is 10.8. The third-order valence-corrected chi connectivity index (χ3v) is 7.98. The molecule has 4 rings (SSSR count). The molecule has 33 heavy (non-hydrogen) atoms. The molecule has 0 aliphatic carbocycles. The minimum Gasteiger partial charge on any atom is -0.494 e. The predicted molar refractivity (Wildman–Crippen MR) is 138 cm³/mol. The Balaban J connectivity index is 1.32. The van der Waals surface area contributed by atoms with Crippen LogP contribution in [0.2, 0.25) is 10.0 Å². The van der Waals surface area contributed by atoms with Crippen LogP contribution in [-0.2, 0) is 4.74 Å². The summed E-state index contributed by atoms with van der Waals surface area (Å²) >= 11 is 12.4. The Labute approximate surface area is 209 Å². The third kappa shape index (κ3) is 6.66. The van der Waals surface area contributed by atoms with E-state index in [2.05, 4.69) is 49.1 Å². The molecule has 3 nitrogen and oxygen atoms in total. The van der Waals surface area contributed by atoms with E-state index in [0.29, 0.717) is 34.4 Å². The second-order valence-electron chi connectivity index (χ2n) is 9.94. The monoisotopic (exact) mass is 489 g/mol. The summed E-state index contributed by atoms with van der Waals surface area (Å²) in [6, 6.07) is 14.5. The molecule has 2 heterocycles. The van der Waals surface area contributed by atoms with Crippen LogP contribution >= 0.6 is 23.2 Å². The molecule has 2 saturated heterocycles. The quantitative estimate of drug-likeness (QED) is 0.353. The Kier molecular flexibility index (Phi) is 8.98. The van der Waals surface area contributed by atoms with E-state index in [0.717, 1.165) is 31.7 Å². The van der Waals surface area contributed by atoms with E-state index < -0.39 is 0 Å². The van der Waals surface area contributed by atoms with Crippen molar-refractivity contribution in [3.05, 3.63) is 63.6 Å². The molecule has 2 aliphatic rings. The highest BCUT2D eigenvalue weighted by Gasteiger charge is 2.35. The number of benzene rings is 2. The van der Waals surface area contributed by atoms with Gasteiger partial charge in [-0.2, -0.15) is 0 Å². The van der Waals surface area contributed by atoms with Crippen molar-refractivity contribution in [3.63, 3.8) is 0 Å². The molecule has 3 atom stereocenters. The van der Waals surface area contributed by atoms with Crippen molar-refractivity contribution in [2.45, 2.75) is 58.0 Å². The normalized spacial score (nSPS) is 24.2. The molecule has 0 unspecified atom stereocenters. The number of nitrogens with zero attached hydrogens (tertiary/aromatic N) is 1. The van der Waals surface area contributed by atoms with Gasteiger partial charge < -0.3 is 14.4 Å². The molecule has 2 fully saturated rings. The lowest BCUT2D eigenvalue weighted by atomic mass is 9.76. The van der Waals surface area contributed by atoms with Gasteiger partial charge in [-0.3, -0.25) is 0 Å². The molecule has 0 bridgehead atoms. The average Bonchev–Trinajstić information content (AvgIpc) is 2.84. The molecule has 0 aromatic heterocycles. The van der Waals surface area contributed by atoms with Gasteiger partial charge in [-0.05, 0) is 86.0 Å². The van der Waals surface area contributed by atoms with Crippen LogP contribution in [0.4, 0.5) is 0 Å². The maximum absolute atomic E-state index is 6.46. The van der Waals surface area contributed by atoms with Crippen LogP contribution in [-0.4, -0.2) is 37.7 Å². The van der Waals surface area contributed by atoms with Gasteiger partial charge in [0.25, 0.3) is 0 Å². The average molecular weight is 491 g/mol. The highest BCUT2D eigenvalue weighted by Crippen LogP contribution is 2.44. The Bertz CT molecular complexity index is 880. The van der Waals surface area contributed by atoms with E-state index >= 15 is 0 Å². The van der Waals surface area contributed by atoms with Gasteiger partial charge in [0, 0.05) is 12.5 Å². The molecule has 0 spiro atoms. The standard InChI is InChI=1S/C28H37Cl2NO2/c1-20(2)25-17-23(22-9-12-26(29)27(30)18-22)19-33-28(25)21-7-10-24(11-8-21)32-16-6-15-31-13-4-3-5-14-31/h7-12,18,20,23,25,28H,3-6,13-17,19H2,1-2H3/t23-,25-,28-/m0/s1. The van der Waals surface area contributed by atoms with Gasteiger partial charge in [0.05, 0.1) is 29.4 Å². The Hall–Kier alpha value is -1.26. The number of rotatable bonds is 8. The number of ether oxygens (including phenoxy) is 2. The van der Waals surface area contributed by atoms with Gasteiger partial charge in [-0.25, -0.2) is 0 Å². The summed E-state index contributed by atoms with van der Waals surface area (Å²) in [5.74, 6) is 2.25. The minimum absolute atomic E-state index is 0.108. The molecular weight excluding hydrogens is 453 g/mol. The first kappa shape index (κ1) is 24.9. The van der Waals surface area contributed by atoms with Gasteiger partial charge in [-0.15, -0.1) is 0 Å². The highest BCUT2D eigenvalue weighted by atomic mass is 35.5. The minimum atomic E-state index is 0.108. The van der Waals surface area contributed by atoms with Gasteiger partial charge in [0.15, 0.2) is 0 Å². The SMILES string of the molecule is CC(C)[C@@H]1C[C@H](c2ccc(Cl)c(Cl)c2)CO[C@H]1c1ccc(OCCCN2CCCCC2)cc1. The molecule has 180 valence electrons. The van der Waals surface area contributed by atoms with Crippen LogP contribution in [0.25, 0.3) is 0 Å². The zero-order chi connectivity index (χ0) is 23.2. The zero-order valence-electron chi connectivity index (χ0n) is 19.9. The van der Waals surface area contributed by atoms with Crippen molar-refractivity contribution >= 4 is 23.2 Å². The highest BCUT2D eigenvalue weighted by molar-refractivity contribution is 6.42. The third-order valence-electron chi connectivity index (χ3n) is 7.24. The topological polar surface area (TPSA) is 21.7 Å². The van der Waals surface area contributed by atoms with Crippen LogP contribution in [0.3, 0.4) is 0 Å². The number of hydrogen-bond acceptors (Lipinski definition) is 3. The molecule has 5 heteroatoms. The van der Waals surface area contributed by atoms with E-state index in [-0.39, 0.29) is 6.10 Å². The van der Waals surface area contributed by atoms with E-state index in [1.165, 1.54) is 43.5 Å². The fourth-order valence-corrected chi connectivity index (χ4v) is 5.55. The molecule has 0 radical (unpaired) electrons. The molecule has 2 aliphatic heterocycles. The first-order chi connectivity index (χ1) is 16.0. The van der Waals surface area contributed by atoms with Crippen molar-refractivity contribution in [1.29, 1.82) is 0 Å². The fourth-order valence-electron chi connectivity index (χ4n) is 5.24. The Morgan fingerprint density at radius 1 is 0.970 bits per heavy atom. The van der Waals surface area contributed by atoms with E-state index in [1.54, 1.807) is 0 Å². The number of hydrogen-bond donors (Lipinski definition) is 0. The van der Waals surface area contributed by atoms with E-state index in [1.807, 2.05) is 12.1 Å². The van der Waals surface area contributed by atoms with Crippen molar-refractivity contribution in [1.82, 2.24) is 4.90 Å². The summed E-state index contributed by atoms with van der Waals surface area (Å²) in [6.07, 6.45) is 6.34.